The van der Waals surface area contributed by atoms with Crippen molar-refractivity contribution in [2.24, 2.45) is 4.99 Å². The molecule has 0 bridgehead atoms. The minimum absolute atomic E-state index is 0.262. The van der Waals surface area contributed by atoms with Gasteiger partial charge in [0.2, 0.25) is 6.79 Å². The highest BCUT2D eigenvalue weighted by atomic mass is 16.7. The number of para-hydroxylation sites is 1. The molecule has 2 heterocycles. The monoisotopic (exact) mass is 367 g/mol. The molecular weight excluding hydrogens is 350 g/mol. The Bertz CT molecular complexity index is 1140. The van der Waals surface area contributed by atoms with Crippen molar-refractivity contribution < 1.29 is 9.47 Å². The zero-order valence-corrected chi connectivity index (χ0v) is 15.0. The van der Waals surface area contributed by atoms with E-state index in [-0.39, 0.29) is 6.79 Å². The summed E-state index contributed by atoms with van der Waals surface area (Å²) in [5, 5.41) is 4.78. The van der Waals surface area contributed by atoms with Gasteiger partial charge in [-0.05, 0) is 35.9 Å². The summed E-state index contributed by atoms with van der Waals surface area (Å²) in [5.74, 6) is 1.51. The molecule has 1 aromatic heterocycles. The highest BCUT2D eigenvalue weighted by Crippen LogP contribution is 2.33. The van der Waals surface area contributed by atoms with Crippen molar-refractivity contribution in [3.05, 3.63) is 90.6 Å². The third kappa shape index (κ3) is 3.14. The van der Waals surface area contributed by atoms with E-state index in [4.69, 9.17) is 19.6 Å². The lowest BCUT2D eigenvalue weighted by molar-refractivity contribution is 0.174. The van der Waals surface area contributed by atoms with Crippen LogP contribution in [0.1, 0.15) is 5.56 Å². The van der Waals surface area contributed by atoms with E-state index >= 15 is 0 Å². The van der Waals surface area contributed by atoms with Crippen LogP contribution in [0.25, 0.3) is 16.9 Å². The van der Waals surface area contributed by atoms with E-state index in [1.807, 2.05) is 96.0 Å². The average molecular weight is 367 g/mol. The minimum atomic E-state index is 0.262. The van der Waals surface area contributed by atoms with Crippen LogP contribution in [0, 0.1) is 0 Å². The van der Waals surface area contributed by atoms with Crippen LogP contribution in [0.4, 0.5) is 5.69 Å². The smallest absolute Gasteiger partial charge is 0.231 e. The number of aliphatic imine (C=N–C) groups is 1. The van der Waals surface area contributed by atoms with Crippen LogP contribution in [0.15, 0.2) is 90.1 Å². The number of aromatic nitrogens is 2. The summed E-state index contributed by atoms with van der Waals surface area (Å²) in [6.45, 7) is 0.262. The van der Waals surface area contributed by atoms with Crippen LogP contribution in [-0.2, 0) is 0 Å². The first-order valence-corrected chi connectivity index (χ1v) is 9.01. The fourth-order valence-electron chi connectivity index (χ4n) is 3.11. The van der Waals surface area contributed by atoms with E-state index in [1.165, 1.54) is 0 Å². The molecule has 1 aliphatic rings. The summed E-state index contributed by atoms with van der Waals surface area (Å²) in [6.07, 6.45) is 3.77. The Morgan fingerprint density at radius 1 is 0.857 bits per heavy atom. The van der Waals surface area contributed by atoms with E-state index in [2.05, 4.69) is 0 Å². The maximum Gasteiger partial charge on any atom is 0.231 e. The second-order valence-corrected chi connectivity index (χ2v) is 6.38. The van der Waals surface area contributed by atoms with Gasteiger partial charge in [-0.1, -0.05) is 48.5 Å². The van der Waals surface area contributed by atoms with Gasteiger partial charge in [0.15, 0.2) is 11.5 Å². The summed E-state index contributed by atoms with van der Waals surface area (Å²) >= 11 is 0. The van der Waals surface area contributed by atoms with Crippen molar-refractivity contribution in [2.45, 2.75) is 0 Å². The summed E-state index contributed by atoms with van der Waals surface area (Å²) in [5.41, 5.74) is 4.59. The largest absolute Gasteiger partial charge is 0.454 e. The topological polar surface area (TPSA) is 48.6 Å². The van der Waals surface area contributed by atoms with Gasteiger partial charge in [0.25, 0.3) is 0 Å². The van der Waals surface area contributed by atoms with Crippen molar-refractivity contribution in [3.8, 4) is 28.4 Å². The average Bonchev–Trinajstić information content (AvgIpc) is 3.40. The Labute approximate surface area is 162 Å². The van der Waals surface area contributed by atoms with Crippen LogP contribution in [0.5, 0.6) is 11.5 Å². The highest BCUT2D eigenvalue weighted by molar-refractivity contribution is 5.85. The van der Waals surface area contributed by atoms with Gasteiger partial charge >= 0.3 is 0 Å². The molecular formula is C23H17N3O2. The Morgan fingerprint density at radius 3 is 2.43 bits per heavy atom. The van der Waals surface area contributed by atoms with E-state index < -0.39 is 0 Å². The number of ether oxygens (including phenoxy) is 2. The van der Waals surface area contributed by atoms with Crippen LogP contribution in [0.3, 0.4) is 0 Å². The van der Waals surface area contributed by atoms with Gasteiger partial charge in [-0.25, -0.2) is 4.68 Å². The van der Waals surface area contributed by atoms with Gasteiger partial charge < -0.3 is 9.47 Å². The van der Waals surface area contributed by atoms with Gasteiger partial charge in [-0.3, -0.25) is 4.99 Å². The fraction of sp³-hybridized carbons (Fsp3) is 0.0435. The Hall–Kier alpha value is -3.86. The summed E-state index contributed by atoms with van der Waals surface area (Å²) in [7, 11) is 0. The summed E-state index contributed by atoms with van der Waals surface area (Å²) < 4.78 is 12.7. The quantitative estimate of drug-likeness (QED) is 0.476. The third-order valence-corrected chi connectivity index (χ3v) is 4.51. The van der Waals surface area contributed by atoms with Crippen LogP contribution in [-0.4, -0.2) is 22.8 Å². The molecule has 0 unspecified atom stereocenters. The Morgan fingerprint density at radius 2 is 1.61 bits per heavy atom. The maximum absolute atomic E-state index is 5.45. The maximum atomic E-state index is 5.45. The van der Waals surface area contributed by atoms with Gasteiger partial charge in [-0.15, -0.1) is 0 Å². The van der Waals surface area contributed by atoms with Crippen molar-refractivity contribution >= 4 is 11.9 Å². The molecule has 0 saturated heterocycles. The normalized spacial score (nSPS) is 12.6. The molecule has 28 heavy (non-hydrogen) atoms. The van der Waals surface area contributed by atoms with Crippen LogP contribution >= 0.6 is 0 Å². The first-order valence-electron chi connectivity index (χ1n) is 9.01. The van der Waals surface area contributed by atoms with Gasteiger partial charge in [0.05, 0.1) is 11.9 Å². The Kier molecular flexibility index (Phi) is 4.10. The van der Waals surface area contributed by atoms with Gasteiger partial charge in [-0.2, -0.15) is 5.10 Å². The SMILES string of the molecule is C(=Nc1cn(-c2ccccc2)nc1-c1ccccc1)c1ccc2c(c1)OCO2. The number of hydrogen-bond acceptors (Lipinski definition) is 4. The summed E-state index contributed by atoms with van der Waals surface area (Å²) in [6, 6.07) is 25.9. The van der Waals surface area contributed by atoms with E-state index in [0.29, 0.717) is 0 Å². The molecule has 0 N–H and O–H groups in total. The molecule has 5 nitrogen and oxygen atoms in total. The van der Waals surface area contributed by atoms with Crippen molar-refractivity contribution in [1.29, 1.82) is 0 Å². The molecule has 3 aromatic carbocycles. The first-order chi connectivity index (χ1) is 13.9. The van der Waals surface area contributed by atoms with E-state index in [0.717, 1.165) is 39.7 Å². The zero-order chi connectivity index (χ0) is 18.8. The molecule has 5 rings (SSSR count). The van der Waals surface area contributed by atoms with E-state index in [9.17, 15) is 0 Å². The number of rotatable bonds is 4. The standard InChI is InChI=1S/C23H17N3O2/c1-3-7-18(8-4-1)23-20(15-26(25-23)19-9-5-2-6-10-19)24-14-17-11-12-21-22(13-17)28-16-27-21/h1-15H,16H2. The Balaban J connectivity index is 1.55. The predicted octanol–water partition coefficient (Wildman–Crippen LogP) is 5.02. The first kappa shape index (κ1) is 16.3. The summed E-state index contributed by atoms with van der Waals surface area (Å²) in [4.78, 5) is 4.72. The lowest BCUT2D eigenvalue weighted by atomic mass is 10.1. The molecule has 0 radical (unpaired) electrons. The van der Waals surface area contributed by atoms with Crippen molar-refractivity contribution in [1.82, 2.24) is 9.78 Å². The van der Waals surface area contributed by atoms with Crippen LogP contribution < -0.4 is 9.47 Å². The molecule has 0 amide bonds. The molecule has 1 aliphatic heterocycles. The molecule has 0 fully saturated rings. The molecule has 4 aromatic rings. The van der Waals surface area contributed by atoms with Gasteiger partial charge in [0, 0.05) is 11.8 Å². The van der Waals surface area contributed by atoms with Crippen LogP contribution in [0.2, 0.25) is 0 Å². The zero-order valence-electron chi connectivity index (χ0n) is 15.0. The lowest BCUT2D eigenvalue weighted by Gasteiger charge is -2.00. The fourth-order valence-corrected chi connectivity index (χ4v) is 3.11. The van der Waals surface area contributed by atoms with Crippen molar-refractivity contribution in [3.63, 3.8) is 0 Å². The minimum Gasteiger partial charge on any atom is -0.454 e. The molecule has 5 heteroatoms. The van der Waals surface area contributed by atoms with E-state index in [1.54, 1.807) is 0 Å². The third-order valence-electron chi connectivity index (χ3n) is 4.51. The molecule has 0 atom stereocenters. The second-order valence-electron chi connectivity index (χ2n) is 6.38. The lowest BCUT2D eigenvalue weighted by Crippen LogP contribution is -1.93. The second kappa shape index (κ2) is 7.04. The molecule has 0 aliphatic carbocycles. The number of hydrogen-bond donors (Lipinski definition) is 0. The highest BCUT2D eigenvalue weighted by Gasteiger charge is 2.14. The van der Waals surface area contributed by atoms with Crippen molar-refractivity contribution in [2.75, 3.05) is 6.79 Å². The number of nitrogens with zero attached hydrogens (tertiary/aromatic N) is 3. The predicted molar refractivity (Wildman–Crippen MR) is 109 cm³/mol. The molecule has 136 valence electrons. The molecule has 0 spiro atoms. The van der Waals surface area contributed by atoms with Gasteiger partial charge in [0.1, 0.15) is 11.4 Å². The number of benzene rings is 3. The number of fused-ring (bicyclic) bond motifs is 1. The molecule has 0 saturated carbocycles.